The molecule has 19 heavy (non-hydrogen) atoms. The normalized spacial score (nSPS) is 13.2. The van der Waals surface area contributed by atoms with E-state index in [9.17, 15) is 0 Å². The third kappa shape index (κ3) is 3.57. The Morgan fingerprint density at radius 3 is 2.37 bits per heavy atom. The van der Waals surface area contributed by atoms with Crippen molar-refractivity contribution in [2.45, 2.75) is 59.0 Å². The molecule has 0 bridgehead atoms. The van der Waals surface area contributed by atoms with Crippen molar-refractivity contribution >= 4 is 11.0 Å². The van der Waals surface area contributed by atoms with Crippen LogP contribution in [0.15, 0.2) is 18.2 Å². The summed E-state index contributed by atoms with van der Waals surface area (Å²) in [6.45, 7) is 13.9. The van der Waals surface area contributed by atoms with Crippen molar-refractivity contribution in [3.05, 3.63) is 29.6 Å². The number of aromatic nitrogens is 2. The highest BCUT2D eigenvalue weighted by Crippen LogP contribution is 2.25. The summed E-state index contributed by atoms with van der Waals surface area (Å²) in [4.78, 5) is 8.03. The monoisotopic (exact) mass is 259 g/mol. The number of hydrogen-bond donors (Lipinski definition) is 2. The van der Waals surface area contributed by atoms with Crippen LogP contribution >= 0.6 is 0 Å². The topological polar surface area (TPSA) is 40.7 Å². The highest BCUT2D eigenvalue weighted by molar-refractivity contribution is 5.76. The van der Waals surface area contributed by atoms with Crippen molar-refractivity contribution in [3.63, 3.8) is 0 Å². The molecule has 1 heterocycles. The molecular weight excluding hydrogens is 234 g/mol. The molecule has 1 aromatic heterocycles. The van der Waals surface area contributed by atoms with Crippen LogP contribution in [0.25, 0.3) is 11.0 Å². The summed E-state index contributed by atoms with van der Waals surface area (Å²) >= 11 is 0. The fraction of sp³-hybridized carbons (Fsp3) is 0.562. The molecule has 2 aromatic rings. The molecule has 2 rings (SSSR count). The first-order valence-corrected chi connectivity index (χ1v) is 6.89. The van der Waals surface area contributed by atoms with E-state index in [1.165, 1.54) is 5.56 Å². The van der Waals surface area contributed by atoms with Crippen LogP contribution in [0.2, 0.25) is 0 Å². The molecule has 0 unspecified atom stereocenters. The van der Waals surface area contributed by atoms with E-state index in [2.05, 4.69) is 75.0 Å². The molecule has 0 saturated heterocycles. The Balaban J connectivity index is 2.26. The van der Waals surface area contributed by atoms with E-state index in [4.69, 9.17) is 0 Å². The molecule has 0 aliphatic rings. The fourth-order valence-electron chi connectivity index (χ4n) is 1.96. The minimum atomic E-state index is 0.107. The Bertz CT molecular complexity index is 568. The van der Waals surface area contributed by atoms with Crippen molar-refractivity contribution < 1.29 is 0 Å². The molecule has 0 aliphatic heterocycles. The SMILES string of the molecule is CC(C)(C)NCc1nc2ccc(C(C)(C)C)cc2[nH]1. The lowest BCUT2D eigenvalue weighted by molar-refractivity contribution is 0.419. The van der Waals surface area contributed by atoms with E-state index in [0.717, 1.165) is 23.4 Å². The van der Waals surface area contributed by atoms with Gasteiger partial charge in [0.05, 0.1) is 17.6 Å². The summed E-state index contributed by atoms with van der Waals surface area (Å²) in [6.07, 6.45) is 0. The summed E-state index contributed by atoms with van der Waals surface area (Å²) in [5.41, 5.74) is 3.77. The van der Waals surface area contributed by atoms with Crippen molar-refractivity contribution in [3.8, 4) is 0 Å². The predicted molar refractivity (Wildman–Crippen MR) is 81.4 cm³/mol. The molecule has 1 aromatic carbocycles. The molecule has 3 heteroatoms. The zero-order valence-electron chi connectivity index (χ0n) is 12.9. The zero-order chi connectivity index (χ0) is 14.3. The molecule has 0 spiro atoms. The van der Waals surface area contributed by atoms with Crippen LogP contribution in [0.1, 0.15) is 52.9 Å². The second-order valence-corrected chi connectivity index (χ2v) is 7.27. The van der Waals surface area contributed by atoms with Crippen molar-refractivity contribution in [2.24, 2.45) is 0 Å². The lowest BCUT2D eigenvalue weighted by Crippen LogP contribution is -2.35. The van der Waals surface area contributed by atoms with Gasteiger partial charge in [0, 0.05) is 5.54 Å². The number of nitrogens with one attached hydrogen (secondary N) is 2. The highest BCUT2D eigenvalue weighted by atomic mass is 15.0. The number of imidazole rings is 1. The third-order valence-corrected chi connectivity index (χ3v) is 3.18. The number of aromatic amines is 1. The maximum atomic E-state index is 4.62. The van der Waals surface area contributed by atoms with Crippen LogP contribution < -0.4 is 5.32 Å². The quantitative estimate of drug-likeness (QED) is 0.862. The van der Waals surface area contributed by atoms with Gasteiger partial charge < -0.3 is 10.3 Å². The number of nitrogens with zero attached hydrogens (tertiary/aromatic N) is 1. The summed E-state index contributed by atoms with van der Waals surface area (Å²) in [6, 6.07) is 6.49. The third-order valence-electron chi connectivity index (χ3n) is 3.18. The number of H-pyrrole nitrogens is 1. The standard InChI is InChI=1S/C16H25N3/c1-15(2,3)11-7-8-12-13(9-11)19-14(18-12)10-17-16(4,5)6/h7-9,17H,10H2,1-6H3,(H,18,19). The molecule has 0 fully saturated rings. The average molecular weight is 259 g/mol. The first kappa shape index (κ1) is 14.1. The highest BCUT2D eigenvalue weighted by Gasteiger charge is 2.15. The maximum Gasteiger partial charge on any atom is 0.121 e. The Morgan fingerprint density at radius 1 is 1.11 bits per heavy atom. The molecule has 2 N–H and O–H groups in total. The lowest BCUT2D eigenvalue weighted by atomic mass is 9.87. The van der Waals surface area contributed by atoms with Crippen LogP contribution in [-0.2, 0) is 12.0 Å². The molecule has 0 saturated carbocycles. The van der Waals surface area contributed by atoms with E-state index in [1.54, 1.807) is 0 Å². The average Bonchev–Trinajstić information content (AvgIpc) is 2.65. The van der Waals surface area contributed by atoms with E-state index in [-0.39, 0.29) is 11.0 Å². The smallest absolute Gasteiger partial charge is 0.121 e. The first-order valence-electron chi connectivity index (χ1n) is 6.89. The van der Waals surface area contributed by atoms with E-state index in [1.807, 2.05) is 0 Å². The van der Waals surface area contributed by atoms with Crippen molar-refractivity contribution in [1.82, 2.24) is 15.3 Å². The Labute approximate surface area is 115 Å². The predicted octanol–water partition coefficient (Wildman–Crippen LogP) is 3.75. The van der Waals surface area contributed by atoms with Gasteiger partial charge in [-0.2, -0.15) is 0 Å². The largest absolute Gasteiger partial charge is 0.341 e. The number of fused-ring (bicyclic) bond motifs is 1. The number of benzene rings is 1. The van der Waals surface area contributed by atoms with Crippen LogP contribution in [0.4, 0.5) is 0 Å². The molecule has 0 aliphatic carbocycles. The van der Waals surface area contributed by atoms with Crippen LogP contribution in [-0.4, -0.2) is 15.5 Å². The summed E-state index contributed by atoms with van der Waals surface area (Å²) in [5, 5.41) is 3.45. The molecule has 0 radical (unpaired) electrons. The van der Waals surface area contributed by atoms with Gasteiger partial charge in [0.25, 0.3) is 0 Å². The number of hydrogen-bond acceptors (Lipinski definition) is 2. The Kier molecular flexibility index (Phi) is 3.43. The van der Waals surface area contributed by atoms with Gasteiger partial charge in [-0.1, -0.05) is 26.8 Å². The first-order chi connectivity index (χ1) is 8.65. The van der Waals surface area contributed by atoms with Crippen LogP contribution in [0.5, 0.6) is 0 Å². The minimum absolute atomic E-state index is 0.107. The molecular formula is C16H25N3. The second-order valence-electron chi connectivity index (χ2n) is 7.27. The van der Waals surface area contributed by atoms with Gasteiger partial charge in [0.1, 0.15) is 5.82 Å². The molecule has 104 valence electrons. The van der Waals surface area contributed by atoms with Gasteiger partial charge in [0.15, 0.2) is 0 Å². The van der Waals surface area contributed by atoms with Crippen molar-refractivity contribution in [1.29, 1.82) is 0 Å². The van der Waals surface area contributed by atoms with Gasteiger partial charge in [-0.15, -0.1) is 0 Å². The molecule has 0 atom stereocenters. The van der Waals surface area contributed by atoms with Gasteiger partial charge in [-0.25, -0.2) is 4.98 Å². The van der Waals surface area contributed by atoms with Gasteiger partial charge in [0.2, 0.25) is 0 Å². The van der Waals surface area contributed by atoms with E-state index in [0.29, 0.717) is 0 Å². The van der Waals surface area contributed by atoms with Gasteiger partial charge in [-0.05, 0) is 43.9 Å². The lowest BCUT2D eigenvalue weighted by Gasteiger charge is -2.19. The van der Waals surface area contributed by atoms with Crippen LogP contribution in [0.3, 0.4) is 0 Å². The number of rotatable bonds is 2. The second kappa shape index (κ2) is 4.64. The summed E-state index contributed by atoms with van der Waals surface area (Å²) in [5.74, 6) is 0.996. The van der Waals surface area contributed by atoms with E-state index >= 15 is 0 Å². The van der Waals surface area contributed by atoms with Crippen LogP contribution in [0, 0.1) is 0 Å². The Morgan fingerprint density at radius 2 is 1.79 bits per heavy atom. The van der Waals surface area contributed by atoms with Crippen molar-refractivity contribution in [2.75, 3.05) is 0 Å². The van der Waals surface area contributed by atoms with Gasteiger partial charge >= 0.3 is 0 Å². The van der Waals surface area contributed by atoms with E-state index < -0.39 is 0 Å². The summed E-state index contributed by atoms with van der Waals surface area (Å²) < 4.78 is 0. The van der Waals surface area contributed by atoms with Gasteiger partial charge in [-0.3, -0.25) is 0 Å². The zero-order valence-corrected chi connectivity index (χ0v) is 12.9. The Hall–Kier alpha value is -1.35. The molecule has 3 nitrogen and oxygen atoms in total. The summed E-state index contributed by atoms with van der Waals surface area (Å²) in [7, 11) is 0. The molecule has 0 amide bonds. The minimum Gasteiger partial charge on any atom is -0.341 e. The maximum absolute atomic E-state index is 4.62. The fourth-order valence-corrected chi connectivity index (χ4v) is 1.96.